The number of halogens is 2. The van der Waals surface area contributed by atoms with Crippen LogP contribution >= 0.6 is 0 Å². The molecule has 3 N–H and O–H groups in total. The Morgan fingerprint density at radius 1 is 1.53 bits per heavy atom. The van der Waals surface area contributed by atoms with Crippen LogP contribution in [0.1, 0.15) is 10.4 Å². The van der Waals surface area contributed by atoms with Crippen molar-refractivity contribution < 1.29 is 23.4 Å². The number of carboxylic acid groups (broad SMARTS) is 1. The van der Waals surface area contributed by atoms with Crippen molar-refractivity contribution in [2.75, 3.05) is 12.3 Å². The number of nitrogen functional groups attached to an aromatic ring is 1. The molecule has 1 aromatic rings. The van der Waals surface area contributed by atoms with E-state index < -0.39 is 19.0 Å². The molecule has 0 saturated carbocycles. The summed E-state index contributed by atoms with van der Waals surface area (Å²) >= 11 is 0. The summed E-state index contributed by atoms with van der Waals surface area (Å²) in [4.78, 5) is 10.6. The molecule has 0 unspecified atom stereocenters. The molecule has 0 amide bonds. The summed E-state index contributed by atoms with van der Waals surface area (Å²) in [5, 5.41) is 8.68. The van der Waals surface area contributed by atoms with Crippen molar-refractivity contribution in [2.45, 2.75) is 6.43 Å². The van der Waals surface area contributed by atoms with Crippen LogP contribution in [0.5, 0.6) is 5.75 Å². The lowest BCUT2D eigenvalue weighted by atomic mass is 10.2. The minimum Gasteiger partial charge on any atom is -0.488 e. The smallest absolute Gasteiger partial charge is 0.337 e. The predicted octanol–water partition coefficient (Wildman–Crippen LogP) is 1.61. The van der Waals surface area contributed by atoms with Gasteiger partial charge >= 0.3 is 5.97 Å². The molecule has 0 spiro atoms. The van der Waals surface area contributed by atoms with E-state index in [9.17, 15) is 13.6 Å². The molecule has 0 aliphatic heterocycles. The van der Waals surface area contributed by atoms with E-state index in [1.807, 2.05) is 0 Å². The van der Waals surface area contributed by atoms with Crippen LogP contribution in [0.25, 0.3) is 0 Å². The van der Waals surface area contributed by atoms with Crippen molar-refractivity contribution in [3.8, 4) is 5.75 Å². The van der Waals surface area contributed by atoms with Crippen LogP contribution in [-0.4, -0.2) is 24.1 Å². The molecule has 0 radical (unpaired) electrons. The van der Waals surface area contributed by atoms with Gasteiger partial charge < -0.3 is 15.6 Å². The zero-order valence-electron chi connectivity index (χ0n) is 7.61. The number of benzene rings is 1. The second kappa shape index (κ2) is 4.59. The summed E-state index contributed by atoms with van der Waals surface area (Å²) in [7, 11) is 0. The highest BCUT2D eigenvalue weighted by Gasteiger charge is 2.10. The first kappa shape index (κ1) is 11.2. The van der Waals surface area contributed by atoms with E-state index in [1.165, 1.54) is 12.1 Å². The lowest BCUT2D eigenvalue weighted by molar-refractivity contribution is 0.0696. The number of aromatic carboxylic acids is 1. The van der Waals surface area contributed by atoms with Crippen molar-refractivity contribution in [1.82, 2.24) is 0 Å². The lowest BCUT2D eigenvalue weighted by Gasteiger charge is -2.07. The molecule has 0 fully saturated rings. The van der Waals surface area contributed by atoms with E-state index >= 15 is 0 Å². The fourth-order valence-corrected chi connectivity index (χ4v) is 0.970. The van der Waals surface area contributed by atoms with Gasteiger partial charge in [-0.1, -0.05) is 0 Å². The van der Waals surface area contributed by atoms with Crippen molar-refractivity contribution >= 4 is 11.7 Å². The molecule has 0 bridgehead atoms. The second-order valence-electron chi connectivity index (χ2n) is 2.76. The van der Waals surface area contributed by atoms with Crippen LogP contribution in [0.3, 0.4) is 0 Å². The summed E-state index contributed by atoms with van der Waals surface area (Å²) in [5.41, 5.74) is 5.26. The Balaban J connectivity index is 2.83. The van der Waals surface area contributed by atoms with E-state index in [1.54, 1.807) is 0 Å². The molecule has 4 nitrogen and oxygen atoms in total. The van der Waals surface area contributed by atoms with Gasteiger partial charge in [0.1, 0.15) is 12.4 Å². The molecule has 0 saturated heterocycles. The van der Waals surface area contributed by atoms with Crippen LogP contribution in [0, 0.1) is 0 Å². The van der Waals surface area contributed by atoms with Gasteiger partial charge in [-0.3, -0.25) is 0 Å². The second-order valence-corrected chi connectivity index (χ2v) is 2.76. The number of alkyl halides is 2. The molecule has 15 heavy (non-hydrogen) atoms. The summed E-state index contributed by atoms with van der Waals surface area (Å²) in [5.74, 6) is -1.17. The first-order valence-electron chi connectivity index (χ1n) is 4.04. The molecule has 1 aromatic carbocycles. The van der Waals surface area contributed by atoms with Crippen LogP contribution in [0.15, 0.2) is 18.2 Å². The van der Waals surface area contributed by atoms with Gasteiger partial charge in [-0.25, -0.2) is 13.6 Å². The number of hydrogen-bond donors (Lipinski definition) is 2. The molecule has 0 aliphatic rings. The standard InChI is InChI=1S/C9H9F2NO3/c10-8(11)4-15-5-1-2-7(12)6(3-5)9(13)14/h1-3,8H,4,12H2,(H,13,14). The highest BCUT2D eigenvalue weighted by Crippen LogP contribution is 2.20. The highest BCUT2D eigenvalue weighted by molar-refractivity contribution is 5.94. The van der Waals surface area contributed by atoms with Gasteiger partial charge in [-0.05, 0) is 18.2 Å². The van der Waals surface area contributed by atoms with Crippen LogP contribution in [0.2, 0.25) is 0 Å². The fourth-order valence-electron chi connectivity index (χ4n) is 0.970. The first-order chi connectivity index (χ1) is 7.00. The van der Waals surface area contributed by atoms with E-state index in [0.29, 0.717) is 0 Å². The van der Waals surface area contributed by atoms with Gasteiger partial charge in [0.2, 0.25) is 0 Å². The molecule has 0 atom stereocenters. The zero-order chi connectivity index (χ0) is 11.4. The molecule has 82 valence electrons. The SMILES string of the molecule is Nc1ccc(OCC(F)F)cc1C(=O)O. The number of anilines is 1. The molecular formula is C9H9F2NO3. The van der Waals surface area contributed by atoms with Gasteiger partial charge in [0, 0.05) is 5.69 Å². The minimum absolute atomic E-state index is 0.0573. The number of hydrogen-bond acceptors (Lipinski definition) is 3. The Hall–Kier alpha value is -1.85. The quantitative estimate of drug-likeness (QED) is 0.751. The average molecular weight is 217 g/mol. The van der Waals surface area contributed by atoms with Crippen molar-refractivity contribution in [3.05, 3.63) is 23.8 Å². The van der Waals surface area contributed by atoms with Gasteiger partial charge in [0.15, 0.2) is 0 Å². The maximum atomic E-state index is 11.8. The van der Waals surface area contributed by atoms with Gasteiger partial charge in [-0.2, -0.15) is 0 Å². The number of nitrogens with two attached hydrogens (primary N) is 1. The third-order valence-electron chi connectivity index (χ3n) is 1.63. The molecule has 0 heterocycles. The molecule has 0 aliphatic carbocycles. The van der Waals surface area contributed by atoms with Gasteiger partial charge in [0.25, 0.3) is 6.43 Å². The van der Waals surface area contributed by atoms with E-state index in [0.717, 1.165) is 6.07 Å². The summed E-state index contributed by atoms with van der Waals surface area (Å²) in [6.07, 6.45) is -2.60. The van der Waals surface area contributed by atoms with Gasteiger partial charge in [0.05, 0.1) is 5.56 Å². The van der Waals surface area contributed by atoms with E-state index in [4.69, 9.17) is 10.8 Å². The Morgan fingerprint density at radius 3 is 2.73 bits per heavy atom. The Bertz CT molecular complexity index is 368. The fraction of sp³-hybridized carbons (Fsp3) is 0.222. The number of carboxylic acids is 1. The highest BCUT2D eigenvalue weighted by atomic mass is 19.3. The monoisotopic (exact) mass is 217 g/mol. The van der Waals surface area contributed by atoms with Crippen LogP contribution in [-0.2, 0) is 0 Å². The van der Waals surface area contributed by atoms with Crippen molar-refractivity contribution in [3.63, 3.8) is 0 Å². The normalized spacial score (nSPS) is 10.3. The minimum atomic E-state index is -2.60. The van der Waals surface area contributed by atoms with Crippen LogP contribution in [0.4, 0.5) is 14.5 Å². The van der Waals surface area contributed by atoms with Crippen LogP contribution < -0.4 is 10.5 Å². The molecule has 1 rings (SSSR count). The van der Waals surface area contributed by atoms with E-state index in [-0.39, 0.29) is 17.0 Å². The third kappa shape index (κ3) is 3.08. The summed E-state index contributed by atoms with van der Waals surface area (Å²) in [6.45, 7) is -0.775. The topological polar surface area (TPSA) is 72.5 Å². The summed E-state index contributed by atoms with van der Waals surface area (Å²) < 4.78 is 28.2. The third-order valence-corrected chi connectivity index (χ3v) is 1.63. The number of carbonyl (C=O) groups is 1. The Labute approximate surface area is 84.3 Å². The van der Waals surface area contributed by atoms with Crippen molar-refractivity contribution in [2.24, 2.45) is 0 Å². The zero-order valence-corrected chi connectivity index (χ0v) is 7.61. The average Bonchev–Trinajstić information content (AvgIpc) is 2.16. The molecular weight excluding hydrogens is 208 g/mol. The largest absolute Gasteiger partial charge is 0.488 e. The first-order valence-corrected chi connectivity index (χ1v) is 4.04. The Morgan fingerprint density at radius 2 is 2.20 bits per heavy atom. The number of ether oxygens (including phenoxy) is 1. The Kier molecular flexibility index (Phi) is 3.43. The van der Waals surface area contributed by atoms with Crippen molar-refractivity contribution in [1.29, 1.82) is 0 Å². The maximum absolute atomic E-state index is 11.8. The van der Waals surface area contributed by atoms with E-state index in [2.05, 4.69) is 4.74 Å². The maximum Gasteiger partial charge on any atom is 0.337 e. The number of rotatable bonds is 4. The van der Waals surface area contributed by atoms with Gasteiger partial charge in [-0.15, -0.1) is 0 Å². The summed E-state index contributed by atoms with van der Waals surface area (Å²) in [6, 6.07) is 3.74. The lowest BCUT2D eigenvalue weighted by Crippen LogP contribution is -2.08. The predicted molar refractivity (Wildman–Crippen MR) is 49.3 cm³/mol. The molecule has 6 heteroatoms. The molecule has 0 aromatic heterocycles.